The molecular formula is C10H8N2O2. The topological polar surface area (TPSA) is 66.0 Å². The summed E-state index contributed by atoms with van der Waals surface area (Å²) in [4.78, 5) is 17.5. The molecule has 0 saturated heterocycles. The van der Waals surface area contributed by atoms with E-state index in [1.807, 2.05) is 6.07 Å². The number of hydrogen-bond donors (Lipinski definition) is 2. The van der Waals surface area contributed by atoms with E-state index in [2.05, 4.69) is 9.97 Å². The number of imidazole rings is 1. The first-order chi connectivity index (χ1) is 6.77. The third-order valence-electron chi connectivity index (χ3n) is 1.92. The van der Waals surface area contributed by atoms with Gasteiger partial charge in [-0.25, -0.2) is 9.78 Å². The average molecular weight is 188 g/mol. The lowest BCUT2D eigenvalue weighted by Gasteiger charge is -1.98. The molecule has 0 spiro atoms. The lowest BCUT2D eigenvalue weighted by atomic mass is 10.1. The molecule has 1 aromatic carbocycles. The molecule has 0 atom stereocenters. The first kappa shape index (κ1) is 8.50. The Labute approximate surface area is 80.2 Å². The summed E-state index contributed by atoms with van der Waals surface area (Å²) in [7, 11) is 0. The van der Waals surface area contributed by atoms with Crippen molar-refractivity contribution in [1.29, 1.82) is 0 Å². The summed E-state index contributed by atoms with van der Waals surface area (Å²) >= 11 is 0. The highest BCUT2D eigenvalue weighted by molar-refractivity contribution is 5.89. The molecule has 0 aliphatic carbocycles. The summed E-state index contributed by atoms with van der Waals surface area (Å²) < 4.78 is 0. The van der Waals surface area contributed by atoms with Crippen LogP contribution >= 0.6 is 0 Å². The molecule has 0 aliphatic heterocycles. The lowest BCUT2D eigenvalue weighted by molar-refractivity contribution is 0.0697. The molecule has 0 amide bonds. The van der Waals surface area contributed by atoms with Gasteiger partial charge in [0.1, 0.15) is 0 Å². The Morgan fingerprint density at radius 1 is 1.43 bits per heavy atom. The standard InChI is InChI=1S/C10H8N2O2/c13-10(14)8-3-1-2-7(4-8)9-5-11-6-12-9/h1-6H,(H,11,12)(H,13,14). The van der Waals surface area contributed by atoms with Crippen LogP contribution in [0.5, 0.6) is 0 Å². The van der Waals surface area contributed by atoms with Gasteiger partial charge in [0.25, 0.3) is 0 Å². The van der Waals surface area contributed by atoms with Crippen LogP contribution in [0.3, 0.4) is 0 Å². The van der Waals surface area contributed by atoms with Crippen molar-refractivity contribution in [2.75, 3.05) is 0 Å². The van der Waals surface area contributed by atoms with Crippen molar-refractivity contribution in [3.63, 3.8) is 0 Å². The second kappa shape index (κ2) is 3.33. The smallest absolute Gasteiger partial charge is 0.335 e. The number of nitrogens with zero attached hydrogens (tertiary/aromatic N) is 1. The normalized spacial score (nSPS) is 10.0. The highest BCUT2D eigenvalue weighted by Crippen LogP contribution is 2.16. The molecule has 0 fully saturated rings. The van der Waals surface area contributed by atoms with E-state index in [-0.39, 0.29) is 5.56 Å². The van der Waals surface area contributed by atoms with Gasteiger partial charge in [0, 0.05) is 5.56 Å². The van der Waals surface area contributed by atoms with Gasteiger partial charge in [-0.05, 0) is 12.1 Å². The van der Waals surface area contributed by atoms with Gasteiger partial charge in [0.2, 0.25) is 0 Å². The first-order valence-corrected chi connectivity index (χ1v) is 4.09. The second-order valence-electron chi connectivity index (χ2n) is 2.85. The number of H-pyrrole nitrogens is 1. The number of hydrogen-bond acceptors (Lipinski definition) is 2. The highest BCUT2D eigenvalue weighted by Gasteiger charge is 2.04. The van der Waals surface area contributed by atoms with Crippen molar-refractivity contribution in [3.8, 4) is 11.3 Å². The van der Waals surface area contributed by atoms with Gasteiger partial charge in [-0.2, -0.15) is 0 Å². The number of rotatable bonds is 2. The van der Waals surface area contributed by atoms with E-state index in [0.29, 0.717) is 0 Å². The Kier molecular flexibility index (Phi) is 2.02. The third-order valence-corrected chi connectivity index (χ3v) is 1.92. The molecule has 0 saturated carbocycles. The second-order valence-corrected chi connectivity index (χ2v) is 2.85. The number of nitrogens with one attached hydrogen (secondary N) is 1. The molecule has 4 nitrogen and oxygen atoms in total. The van der Waals surface area contributed by atoms with E-state index < -0.39 is 5.97 Å². The van der Waals surface area contributed by atoms with E-state index in [1.54, 1.807) is 30.7 Å². The molecule has 0 aliphatic rings. The summed E-state index contributed by atoms with van der Waals surface area (Å²) in [6.07, 6.45) is 3.21. The van der Waals surface area contributed by atoms with Crippen LogP contribution in [0, 0.1) is 0 Å². The third kappa shape index (κ3) is 1.50. The van der Waals surface area contributed by atoms with Gasteiger partial charge in [-0.3, -0.25) is 0 Å². The Balaban J connectivity index is 2.46. The van der Waals surface area contributed by atoms with Crippen LogP contribution in [0.25, 0.3) is 11.3 Å². The summed E-state index contributed by atoms with van der Waals surface area (Å²) in [5.74, 6) is -0.925. The van der Waals surface area contributed by atoms with Gasteiger partial charge < -0.3 is 10.1 Å². The molecule has 2 aromatic rings. The molecule has 2 N–H and O–H groups in total. The van der Waals surface area contributed by atoms with Gasteiger partial charge in [-0.15, -0.1) is 0 Å². The zero-order chi connectivity index (χ0) is 9.97. The minimum atomic E-state index is -0.925. The van der Waals surface area contributed by atoms with Crippen molar-refractivity contribution in [2.45, 2.75) is 0 Å². The lowest BCUT2D eigenvalue weighted by Crippen LogP contribution is -1.95. The first-order valence-electron chi connectivity index (χ1n) is 4.09. The fourth-order valence-corrected chi connectivity index (χ4v) is 1.23. The molecule has 4 heteroatoms. The Morgan fingerprint density at radius 3 is 2.93 bits per heavy atom. The van der Waals surface area contributed by atoms with E-state index >= 15 is 0 Å². The number of aromatic amines is 1. The monoisotopic (exact) mass is 188 g/mol. The molecule has 0 unspecified atom stereocenters. The number of benzene rings is 1. The van der Waals surface area contributed by atoms with Crippen molar-refractivity contribution in [2.24, 2.45) is 0 Å². The zero-order valence-corrected chi connectivity index (χ0v) is 7.27. The van der Waals surface area contributed by atoms with Crippen LogP contribution in [0.15, 0.2) is 36.8 Å². The van der Waals surface area contributed by atoms with E-state index in [9.17, 15) is 4.79 Å². The maximum Gasteiger partial charge on any atom is 0.335 e. The van der Waals surface area contributed by atoms with Crippen molar-refractivity contribution in [1.82, 2.24) is 9.97 Å². The van der Waals surface area contributed by atoms with Crippen LogP contribution < -0.4 is 0 Å². The molecule has 70 valence electrons. The van der Waals surface area contributed by atoms with Crippen molar-refractivity contribution >= 4 is 5.97 Å². The van der Waals surface area contributed by atoms with Gasteiger partial charge in [-0.1, -0.05) is 12.1 Å². The summed E-state index contributed by atoms with van der Waals surface area (Å²) in [6.45, 7) is 0. The average Bonchev–Trinajstić information content (AvgIpc) is 2.71. The molecule has 2 rings (SSSR count). The van der Waals surface area contributed by atoms with E-state index in [0.717, 1.165) is 11.3 Å². The van der Waals surface area contributed by atoms with E-state index in [1.165, 1.54) is 0 Å². The summed E-state index contributed by atoms with van der Waals surface area (Å²) in [5.41, 5.74) is 1.91. The zero-order valence-electron chi connectivity index (χ0n) is 7.27. The summed E-state index contributed by atoms with van der Waals surface area (Å²) in [6, 6.07) is 6.71. The van der Waals surface area contributed by atoms with Crippen LogP contribution in [-0.4, -0.2) is 21.0 Å². The Morgan fingerprint density at radius 2 is 2.29 bits per heavy atom. The van der Waals surface area contributed by atoms with Gasteiger partial charge >= 0.3 is 5.97 Å². The molecular weight excluding hydrogens is 180 g/mol. The number of carboxylic acid groups (broad SMARTS) is 1. The van der Waals surface area contributed by atoms with Crippen LogP contribution in [0.1, 0.15) is 10.4 Å². The van der Waals surface area contributed by atoms with Crippen molar-refractivity contribution in [3.05, 3.63) is 42.4 Å². The largest absolute Gasteiger partial charge is 0.478 e. The predicted octanol–water partition coefficient (Wildman–Crippen LogP) is 1.77. The fraction of sp³-hybridized carbons (Fsp3) is 0. The maximum absolute atomic E-state index is 10.7. The molecule has 1 aromatic heterocycles. The maximum atomic E-state index is 10.7. The predicted molar refractivity (Wildman–Crippen MR) is 51.0 cm³/mol. The Bertz CT molecular complexity index is 449. The minimum Gasteiger partial charge on any atom is -0.478 e. The van der Waals surface area contributed by atoms with Crippen LogP contribution in [0.2, 0.25) is 0 Å². The van der Waals surface area contributed by atoms with E-state index in [4.69, 9.17) is 5.11 Å². The van der Waals surface area contributed by atoms with Gasteiger partial charge in [0.15, 0.2) is 0 Å². The van der Waals surface area contributed by atoms with Gasteiger partial charge in [0.05, 0.1) is 23.8 Å². The Hall–Kier alpha value is -2.10. The van der Waals surface area contributed by atoms with Crippen LogP contribution in [0.4, 0.5) is 0 Å². The number of aromatic nitrogens is 2. The number of carboxylic acids is 1. The molecule has 1 heterocycles. The number of carbonyl (C=O) groups is 1. The highest BCUT2D eigenvalue weighted by atomic mass is 16.4. The fourth-order valence-electron chi connectivity index (χ4n) is 1.23. The van der Waals surface area contributed by atoms with Crippen LogP contribution in [-0.2, 0) is 0 Å². The molecule has 0 radical (unpaired) electrons. The SMILES string of the molecule is O=C(O)c1cccc(-c2cnc[nH]2)c1. The number of aromatic carboxylic acids is 1. The molecule has 0 bridgehead atoms. The molecule has 14 heavy (non-hydrogen) atoms. The quantitative estimate of drug-likeness (QED) is 0.754. The van der Waals surface area contributed by atoms with Crippen molar-refractivity contribution < 1.29 is 9.90 Å². The minimum absolute atomic E-state index is 0.275. The summed E-state index contributed by atoms with van der Waals surface area (Å²) in [5, 5.41) is 8.78.